The number of thioether (sulfide) groups is 1. The summed E-state index contributed by atoms with van der Waals surface area (Å²) in [5.41, 5.74) is 6.57. The molecule has 1 aromatic carbocycles. The highest BCUT2D eigenvalue weighted by molar-refractivity contribution is 7.99. The third-order valence-electron chi connectivity index (χ3n) is 1.44. The molecule has 0 bridgehead atoms. The molecule has 0 radical (unpaired) electrons. The minimum atomic E-state index is 0.753. The van der Waals surface area contributed by atoms with Gasteiger partial charge in [0.2, 0.25) is 0 Å². The van der Waals surface area contributed by atoms with Crippen molar-refractivity contribution in [2.45, 2.75) is 18.2 Å². The van der Waals surface area contributed by atoms with E-state index in [-0.39, 0.29) is 0 Å². The normalized spacial score (nSPS) is 10.2. The molecule has 0 spiro atoms. The van der Waals surface area contributed by atoms with Gasteiger partial charge in [-0.15, -0.1) is 11.8 Å². The van der Waals surface area contributed by atoms with E-state index in [9.17, 15) is 0 Å². The van der Waals surface area contributed by atoms with Crippen LogP contribution in [0, 0.1) is 0 Å². The molecule has 3 heteroatoms. The molecule has 0 heterocycles. The summed E-state index contributed by atoms with van der Waals surface area (Å²) in [6.07, 6.45) is 1.15. The van der Waals surface area contributed by atoms with E-state index in [0.717, 1.165) is 27.8 Å². The molecule has 0 saturated heterocycles. The number of hydrogen-bond donors (Lipinski definition) is 1. The van der Waals surface area contributed by atoms with Crippen LogP contribution in [-0.4, -0.2) is 5.75 Å². The first kappa shape index (κ1) is 9.75. The van der Waals surface area contributed by atoms with Gasteiger partial charge in [0.15, 0.2) is 0 Å². The lowest BCUT2D eigenvalue weighted by molar-refractivity contribution is 1.10. The fourth-order valence-corrected chi connectivity index (χ4v) is 1.95. The molecular weight excluding hydrogens is 190 g/mol. The first-order valence-electron chi connectivity index (χ1n) is 3.92. The van der Waals surface area contributed by atoms with Crippen LogP contribution < -0.4 is 5.73 Å². The lowest BCUT2D eigenvalue weighted by Crippen LogP contribution is -1.88. The molecule has 0 aliphatic heterocycles. The smallest absolute Gasteiger partial charge is 0.0453 e. The second kappa shape index (κ2) is 4.63. The van der Waals surface area contributed by atoms with Gasteiger partial charge in [0, 0.05) is 15.6 Å². The lowest BCUT2D eigenvalue weighted by atomic mass is 10.3. The quantitative estimate of drug-likeness (QED) is 0.599. The maximum atomic E-state index is 5.83. The van der Waals surface area contributed by atoms with Crippen LogP contribution in [0.1, 0.15) is 13.3 Å². The Hall–Kier alpha value is -0.340. The van der Waals surface area contributed by atoms with Crippen molar-refractivity contribution in [2.75, 3.05) is 11.5 Å². The molecule has 0 aromatic heterocycles. The Balaban J connectivity index is 2.75. The summed E-state index contributed by atoms with van der Waals surface area (Å²) >= 11 is 7.58. The van der Waals surface area contributed by atoms with Crippen LogP contribution in [0.2, 0.25) is 5.02 Å². The SMILES string of the molecule is CCCSc1cc(Cl)ccc1N. The number of nitrogen functional groups attached to an aromatic ring is 1. The topological polar surface area (TPSA) is 26.0 Å². The van der Waals surface area contributed by atoms with Gasteiger partial charge in [0.1, 0.15) is 0 Å². The molecule has 12 heavy (non-hydrogen) atoms. The van der Waals surface area contributed by atoms with Gasteiger partial charge in [0.25, 0.3) is 0 Å². The average molecular weight is 202 g/mol. The molecule has 1 aromatic rings. The molecule has 2 N–H and O–H groups in total. The number of hydrogen-bond acceptors (Lipinski definition) is 2. The van der Waals surface area contributed by atoms with Crippen molar-refractivity contribution in [2.24, 2.45) is 0 Å². The Morgan fingerprint density at radius 3 is 2.92 bits per heavy atom. The fraction of sp³-hybridized carbons (Fsp3) is 0.333. The zero-order chi connectivity index (χ0) is 8.97. The van der Waals surface area contributed by atoms with Crippen molar-refractivity contribution in [3.8, 4) is 0 Å². The summed E-state index contributed by atoms with van der Waals surface area (Å²) in [7, 11) is 0. The molecule has 0 atom stereocenters. The van der Waals surface area contributed by atoms with Gasteiger partial charge in [0.05, 0.1) is 0 Å². The second-order valence-corrected chi connectivity index (χ2v) is 4.10. The maximum absolute atomic E-state index is 5.83. The Kier molecular flexibility index (Phi) is 3.76. The molecule has 0 unspecified atom stereocenters. The van der Waals surface area contributed by atoms with Gasteiger partial charge in [-0.1, -0.05) is 18.5 Å². The predicted molar refractivity (Wildman–Crippen MR) is 56.9 cm³/mol. The van der Waals surface area contributed by atoms with E-state index >= 15 is 0 Å². The summed E-state index contributed by atoms with van der Waals surface area (Å²) in [6, 6.07) is 5.57. The van der Waals surface area contributed by atoms with E-state index < -0.39 is 0 Å². The van der Waals surface area contributed by atoms with Crippen molar-refractivity contribution in [3.63, 3.8) is 0 Å². The monoisotopic (exact) mass is 201 g/mol. The molecule has 66 valence electrons. The number of benzene rings is 1. The Morgan fingerprint density at radius 2 is 2.25 bits per heavy atom. The van der Waals surface area contributed by atoms with E-state index in [1.807, 2.05) is 18.2 Å². The van der Waals surface area contributed by atoms with Gasteiger partial charge < -0.3 is 5.73 Å². The van der Waals surface area contributed by atoms with Crippen LogP contribution in [-0.2, 0) is 0 Å². The van der Waals surface area contributed by atoms with Crippen LogP contribution in [0.5, 0.6) is 0 Å². The van der Waals surface area contributed by atoms with Crippen LogP contribution in [0.4, 0.5) is 5.69 Å². The van der Waals surface area contributed by atoms with Gasteiger partial charge in [-0.3, -0.25) is 0 Å². The maximum Gasteiger partial charge on any atom is 0.0453 e. The first-order valence-corrected chi connectivity index (χ1v) is 5.28. The summed E-state index contributed by atoms with van der Waals surface area (Å²) in [6.45, 7) is 2.15. The van der Waals surface area contributed by atoms with Crippen molar-refractivity contribution in [3.05, 3.63) is 23.2 Å². The average Bonchev–Trinajstić information content (AvgIpc) is 2.07. The van der Waals surface area contributed by atoms with Crippen LogP contribution in [0.3, 0.4) is 0 Å². The first-order chi connectivity index (χ1) is 5.74. The minimum absolute atomic E-state index is 0.753. The zero-order valence-corrected chi connectivity index (χ0v) is 8.58. The van der Waals surface area contributed by atoms with Gasteiger partial charge >= 0.3 is 0 Å². The standard InChI is InChI=1S/C9H12ClNS/c1-2-5-12-9-6-7(10)3-4-8(9)11/h3-4,6H,2,5,11H2,1H3. The molecule has 0 amide bonds. The Labute approximate surface area is 82.3 Å². The van der Waals surface area contributed by atoms with Crippen molar-refractivity contribution < 1.29 is 0 Å². The third kappa shape index (κ3) is 2.61. The molecule has 1 nitrogen and oxygen atoms in total. The van der Waals surface area contributed by atoms with E-state index in [4.69, 9.17) is 17.3 Å². The zero-order valence-electron chi connectivity index (χ0n) is 7.01. The van der Waals surface area contributed by atoms with Crippen molar-refractivity contribution >= 4 is 29.1 Å². The summed E-state index contributed by atoms with van der Waals surface area (Å²) in [4.78, 5) is 1.09. The molecular formula is C9H12ClNS. The molecule has 0 aliphatic carbocycles. The molecule has 0 saturated carbocycles. The van der Waals surface area contributed by atoms with E-state index in [0.29, 0.717) is 0 Å². The molecule has 0 fully saturated rings. The number of rotatable bonds is 3. The second-order valence-electron chi connectivity index (χ2n) is 2.53. The number of anilines is 1. The molecule has 0 aliphatic rings. The van der Waals surface area contributed by atoms with Gasteiger partial charge in [-0.2, -0.15) is 0 Å². The predicted octanol–water partition coefficient (Wildman–Crippen LogP) is 3.42. The lowest BCUT2D eigenvalue weighted by Gasteiger charge is -2.03. The van der Waals surface area contributed by atoms with E-state index in [1.165, 1.54) is 0 Å². The van der Waals surface area contributed by atoms with Gasteiger partial charge in [-0.05, 0) is 30.4 Å². The van der Waals surface area contributed by atoms with E-state index in [1.54, 1.807) is 11.8 Å². The number of nitrogens with two attached hydrogens (primary N) is 1. The summed E-state index contributed by atoms with van der Waals surface area (Å²) in [5, 5.41) is 0.753. The number of halogens is 1. The van der Waals surface area contributed by atoms with E-state index in [2.05, 4.69) is 6.92 Å². The minimum Gasteiger partial charge on any atom is -0.398 e. The highest BCUT2D eigenvalue weighted by atomic mass is 35.5. The third-order valence-corrected chi connectivity index (χ3v) is 2.95. The molecule has 1 rings (SSSR count). The van der Waals surface area contributed by atoms with Crippen molar-refractivity contribution in [1.29, 1.82) is 0 Å². The van der Waals surface area contributed by atoms with Crippen LogP contribution >= 0.6 is 23.4 Å². The van der Waals surface area contributed by atoms with Crippen LogP contribution in [0.15, 0.2) is 23.1 Å². The summed E-state index contributed by atoms with van der Waals surface area (Å²) < 4.78 is 0. The highest BCUT2D eigenvalue weighted by Gasteiger charge is 1.99. The van der Waals surface area contributed by atoms with Gasteiger partial charge in [-0.25, -0.2) is 0 Å². The summed E-state index contributed by atoms with van der Waals surface area (Å²) in [5.74, 6) is 1.09. The van der Waals surface area contributed by atoms with Crippen LogP contribution in [0.25, 0.3) is 0 Å². The Morgan fingerprint density at radius 1 is 1.50 bits per heavy atom. The fourth-order valence-electron chi connectivity index (χ4n) is 0.845. The highest BCUT2D eigenvalue weighted by Crippen LogP contribution is 2.28. The largest absolute Gasteiger partial charge is 0.398 e. The van der Waals surface area contributed by atoms with Crippen molar-refractivity contribution in [1.82, 2.24) is 0 Å². The Bertz CT molecular complexity index is 263.